The summed E-state index contributed by atoms with van der Waals surface area (Å²) in [6, 6.07) is -0.554. The van der Waals surface area contributed by atoms with Crippen LogP contribution in [0.1, 0.15) is 54.9 Å². The van der Waals surface area contributed by atoms with Gasteiger partial charge in [-0.1, -0.05) is 0 Å². The monoisotopic (exact) mass is 346 g/mol. The van der Waals surface area contributed by atoms with Gasteiger partial charge in [-0.15, -0.1) is 0 Å². The van der Waals surface area contributed by atoms with Crippen molar-refractivity contribution in [1.82, 2.24) is 9.80 Å². The first-order valence-electron chi connectivity index (χ1n) is 8.41. The van der Waals surface area contributed by atoms with Crippen molar-refractivity contribution in [3.63, 3.8) is 0 Å². The van der Waals surface area contributed by atoms with E-state index in [1.165, 1.54) is 4.90 Å². The van der Waals surface area contributed by atoms with E-state index in [9.17, 15) is 14.0 Å². The Labute approximate surface area is 144 Å². The van der Waals surface area contributed by atoms with Crippen LogP contribution in [0.15, 0.2) is 0 Å². The lowest BCUT2D eigenvalue weighted by atomic mass is 10.1. The van der Waals surface area contributed by atoms with Crippen LogP contribution in [0, 0.1) is 0 Å². The van der Waals surface area contributed by atoms with E-state index in [-0.39, 0.29) is 18.6 Å². The summed E-state index contributed by atoms with van der Waals surface area (Å²) in [6.45, 7) is 12.3. The molecule has 0 unspecified atom stereocenters. The maximum absolute atomic E-state index is 12.9. The van der Waals surface area contributed by atoms with Crippen LogP contribution in [-0.4, -0.2) is 65.0 Å². The van der Waals surface area contributed by atoms with Crippen LogP contribution in [0.3, 0.4) is 0 Å². The average molecular weight is 346 g/mol. The Bertz CT molecular complexity index is 456. The number of nitrogens with zero attached hydrogens (tertiary/aromatic N) is 2. The molecule has 0 bridgehead atoms. The number of alkyl halides is 1. The van der Waals surface area contributed by atoms with Gasteiger partial charge < -0.3 is 19.3 Å². The molecule has 24 heavy (non-hydrogen) atoms. The van der Waals surface area contributed by atoms with Gasteiger partial charge in [0.1, 0.15) is 17.9 Å². The number of likely N-dealkylation sites (tertiary alicyclic amines) is 1. The lowest BCUT2D eigenvalue weighted by Gasteiger charge is -2.34. The van der Waals surface area contributed by atoms with Gasteiger partial charge in [-0.3, -0.25) is 0 Å². The van der Waals surface area contributed by atoms with Crippen molar-refractivity contribution in [2.75, 3.05) is 19.8 Å². The fourth-order valence-corrected chi connectivity index (χ4v) is 2.72. The Morgan fingerprint density at radius 1 is 1.12 bits per heavy atom. The first-order chi connectivity index (χ1) is 10.9. The van der Waals surface area contributed by atoms with Crippen LogP contribution in [0.5, 0.6) is 0 Å². The van der Waals surface area contributed by atoms with Crippen LogP contribution in [0.25, 0.3) is 0 Å². The molecule has 0 aromatic heterocycles. The Hall–Kier alpha value is -1.53. The van der Waals surface area contributed by atoms with Gasteiger partial charge in [0.25, 0.3) is 0 Å². The summed E-state index contributed by atoms with van der Waals surface area (Å²) in [5.41, 5.74) is -1.24. The third-order valence-corrected chi connectivity index (χ3v) is 3.70. The molecule has 0 aliphatic carbocycles. The molecule has 0 spiro atoms. The van der Waals surface area contributed by atoms with E-state index in [1.54, 1.807) is 46.4 Å². The quantitative estimate of drug-likeness (QED) is 0.783. The molecule has 1 heterocycles. The number of carbonyl (C=O) groups excluding carboxylic acids is 2. The summed E-state index contributed by atoms with van der Waals surface area (Å²) in [6.07, 6.45) is -0.399. The van der Waals surface area contributed by atoms with Crippen molar-refractivity contribution >= 4 is 12.2 Å². The van der Waals surface area contributed by atoms with E-state index in [0.717, 1.165) is 0 Å². The standard InChI is InChI=1S/C17H31FN2O4/c1-12-13(8-10-19(12)14(21)23-16(2,3)4)20(11-9-18)15(22)24-17(5,6)7/h12-13H,8-11H2,1-7H3/t12-,13-/m0/s1. The van der Waals surface area contributed by atoms with Crippen LogP contribution in [-0.2, 0) is 9.47 Å². The second-order valence-electron chi connectivity index (χ2n) is 8.13. The third kappa shape index (κ3) is 5.83. The second-order valence-corrected chi connectivity index (χ2v) is 8.13. The van der Waals surface area contributed by atoms with Gasteiger partial charge in [-0.05, 0) is 54.9 Å². The summed E-state index contributed by atoms with van der Waals surface area (Å²) in [4.78, 5) is 27.7. The molecule has 0 aromatic carbocycles. The normalized spacial score (nSPS) is 21.6. The molecular formula is C17H31FN2O4. The topological polar surface area (TPSA) is 59.1 Å². The number of amides is 2. The molecule has 7 heteroatoms. The summed E-state index contributed by atoms with van der Waals surface area (Å²) in [7, 11) is 0. The molecule has 0 aromatic rings. The fourth-order valence-electron chi connectivity index (χ4n) is 2.72. The molecule has 0 N–H and O–H groups in total. The molecule has 0 saturated carbocycles. The zero-order valence-electron chi connectivity index (χ0n) is 15.9. The Kier molecular flexibility index (Phi) is 6.47. The van der Waals surface area contributed by atoms with Gasteiger partial charge in [0.2, 0.25) is 0 Å². The zero-order chi connectivity index (χ0) is 18.7. The molecule has 2 atom stereocenters. The lowest BCUT2D eigenvalue weighted by molar-refractivity contribution is 0.00482. The molecular weight excluding hydrogens is 315 g/mol. The minimum absolute atomic E-state index is 0.0495. The zero-order valence-corrected chi connectivity index (χ0v) is 15.9. The van der Waals surface area contributed by atoms with Crippen molar-refractivity contribution in [1.29, 1.82) is 0 Å². The Morgan fingerprint density at radius 2 is 1.67 bits per heavy atom. The van der Waals surface area contributed by atoms with E-state index in [2.05, 4.69) is 0 Å². The van der Waals surface area contributed by atoms with E-state index in [0.29, 0.717) is 13.0 Å². The van der Waals surface area contributed by atoms with Gasteiger partial charge >= 0.3 is 12.2 Å². The molecule has 0 radical (unpaired) electrons. The minimum atomic E-state index is -0.658. The highest BCUT2D eigenvalue weighted by molar-refractivity contribution is 5.71. The highest BCUT2D eigenvalue weighted by Gasteiger charge is 2.41. The molecule has 1 aliphatic heterocycles. The molecule has 1 fully saturated rings. The summed E-state index contributed by atoms with van der Waals surface area (Å²) >= 11 is 0. The molecule has 6 nitrogen and oxygen atoms in total. The average Bonchev–Trinajstić information content (AvgIpc) is 2.73. The smallest absolute Gasteiger partial charge is 0.410 e. The highest BCUT2D eigenvalue weighted by Crippen LogP contribution is 2.26. The number of hydrogen-bond donors (Lipinski definition) is 0. The number of carbonyl (C=O) groups is 2. The largest absolute Gasteiger partial charge is 0.444 e. The number of halogens is 1. The van der Waals surface area contributed by atoms with Gasteiger partial charge in [0.05, 0.1) is 18.6 Å². The lowest BCUT2D eigenvalue weighted by Crippen LogP contribution is -2.50. The fraction of sp³-hybridized carbons (Fsp3) is 0.882. The van der Waals surface area contributed by atoms with Crippen LogP contribution >= 0.6 is 0 Å². The van der Waals surface area contributed by atoms with Crippen LogP contribution < -0.4 is 0 Å². The molecule has 140 valence electrons. The molecule has 1 rings (SSSR count). The third-order valence-electron chi connectivity index (χ3n) is 3.70. The van der Waals surface area contributed by atoms with E-state index in [4.69, 9.17) is 9.47 Å². The number of ether oxygens (including phenoxy) is 2. The van der Waals surface area contributed by atoms with Crippen LogP contribution in [0.2, 0.25) is 0 Å². The number of hydrogen-bond acceptors (Lipinski definition) is 4. The van der Waals surface area contributed by atoms with Crippen molar-refractivity contribution in [3.8, 4) is 0 Å². The van der Waals surface area contributed by atoms with E-state index >= 15 is 0 Å². The second kappa shape index (κ2) is 7.57. The Morgan fingerprint density at radius 3 is 2.12 bits per heavy atom. The van der Waals surface area contributed by atoms with Crippen molar-refractivity contribution in [2.45, 2.75) is 78.2 Å². The first kappa shape index (κ1) is 20.5. The van der Waals surface area contributed by atoms with Crippen LogP contribution in [0.4, 0.5) is 14.0 Å². The predicted octanol–water partition coefficient (Wildman–Crippen LogP) is 3.59. The maximum atomic E-state index is 12.9. The molecule has 1 saturated heterocycles. The SMILES string of the molecule is C[C@H]1[C@@H](N(CCF)C(=O)OC(C)(C)C)CCN1C(=O)OC(C)(C)C. The van der Waals surface area contributed by atoms with Gasteiger partial charge in [0.15, 0.2) is 0 Å². The Balaban J connectivity index is 2.83. The predicted molar refractivity (Wildman–Crippen MR) is 89.7 cm³/mol. The van der Waals surface area contributed by atoms with E-state index < -0.39 is 30.1 Å². The highest BCUT2D eigenvalue weighted by atomic mass is 19.1. The van der Waals surface area contributed by atoms with Gasteiger partial charge in [0, 0.05) is 6.54 Å². The minimum Gasteiger partial charge on any atom is -0.444 e. The van der Waals surface area contributed by atoms with Crippen molar-refractivity contribution < 1.29 is 23.5 Å². The van der Waals surface area contributed by atoms with Gasteiger partial charge in [-0.25, -0.2) is 14.0 Å². The molecule has 1 aliphatic rings. The van der Waals surface area contributed by atoms with E-state index in [1.807, 2.05) is 6.92 Å². The summed E-state index contributed by atoms with van der Waals surface area (Å²) in [5.74, 6) is 0. The number of rotatable bonds is 3. The molecule has 2 amide bonds. The summed E-state index contributed by atoms with van der Waals surface area (Å²) < 4.78 is 23.7. The maximum Gasteiger partial charge on any atom is 0.410 e. The van der Waals surface area contributed by atoms with Crippen molar-refractivity contribution in [3.05, 3.63) is 0 Å². The first-order valence-corrected chi connectivity index (χ1v) is 8.41. The van der Waals surface area contributed by atoms with Crippen molar-refractivity contribution in [2.24, 2.45) is 0 Å². The summed E-state index contributed by atoms with van der Waals surface area (Å²) in [5, 5.41) is 0. The van der Waals surface area contributed by atoms with Gasteiger partial charge in [-0.2, -0.15) is 0 Å².